The smallest absolute Gasteiger partial charge is 0.486 e. The van der Waals surface area contributed by atoms with Crippen LogP contribution in [0.25, 0.3) is 0 Å². The first-order valence-electron chi connectivity index (χ1n) is 4.02. The van der Waals surface area contributed by atoms with Crippen molar-refractivity contribution in [1.82, 2.24) is 0 Å². The minimum atomic E-state index is -2.11. The summed E-state index contributed by atoms with van der Waals surface area (Å²) < 4.78 is 22.0. The lowest BCUT2D eigenvalue weighted by Gasteiger charge is -2.30. The average molecular weight is 222 g/mol. The van der Waals surface area contributed by atoms with E-state index in [0.29, 0.717) is 0 Å². The van der Waals surface area contributed by atoms with E-state index >= 15 is 0 Å². The summed E-state index contributed by atoms with van der Waals surface area (Å²) >= 11 is 0. The fraction of sp³-hybridized carbons (Fsp3) is 1.00. The number of hydrogen-bond acceptors (Lipinski definition) is 3. The monoisotopic (exact) mass is 222 g/mol. The Hall–Kier alpha value is 0.211. The highest BCUT2D eigenvalue weighted by Crippen LogP contribution is 2.14. The molecule has 0 aliphatic rings. The topological polar surface area (TPSA) is 35.5 Å². The quantitative estimate of drug-likeness (QED) is 0.684. The Bertz CT molecular complexity index is 173. The molecule has 0 saturated carbocycles. The zero-order chi connectivity index (χ0) is 9.99. The lowest BCUT2D eigenvalue weighted by molar-refractivity contribution is 0.373. The van der Waals surface area contributed by atoms with Crippen molar-refractivity contribution in [2.75, 3.05) is 0 Å². The summed E-state index contributed by atoms with van der Waals surface area (Å²) in [5, 5.41) is 0. The molecule has 0 atom stereocenters. The van der Waals surface area contributed by atoms with Crippen molar-refractivity contribution in [3.63, 3.8) is 0 Å². The van der Waals surface area contributed by atoms with E-state index < -0.39 is 25.8 Å². The molecule has 0 rings (SSSR count). The molecule has 0 aliphatic carbocycles. The van der Waals surface area contributed by atoms with Gasteiger partial charge in [0, 0.05) is 6.55 Å². The van der Waals surface area contributed by atoms with Crippen molar-refractivity contribution in [2.45, 2.75) is 39.3 Å². The molecular weight excluding hydrogens is 204 g/mol. The van der Waals surface area contributed by atoms with Crippen LogP contribution in [-0.4, -0.2) is 25.8 Å². The van der Waals surface area contributed by atoms with Crippen molar-refractivity contribution in [1.29, 1.82) is 0 Å². The van der Waals surface area contributed by atoms with Gasteiger partial charge >= 0.3 is 17.5 Å². The van der Waals surface area contributed by atoms with Crippen molar-refractivity contribution >= 4 is 25.8 Å². The van der Waals surface area contributed by atoms with Gasteiger partial charge in [-0.2, -0.15) is 0 Å². The molecule has 0 amide bonds. The zero-order valence-electron chi connectivity index (χ0n) is 8.72. The highest BCUT2D eigenvalue weighted by atomic mass is 28.5. The normalized spacial score (nSPS) is 12.8. The van der Waals surface area contributed by atoms with Gasteiger partial charge in [-0.05, 0) is 32.7 Å². The van der Waals surface area contributed by atoms with Crippen LogP contribution in [0.15, 0.2) is 0 Å². The SMILES string of the molecule is C[Si](=O)O[Si](C)(C)O[Si](C)(C)C. The molecule has 0 bridgehead atoms. The Morgan fingerprint density at radius 1 is 1.08 bits per heavy atom. The highest BCUT2D eigenvalue weighted by Gasteiger charge is 2.33. The van der Waals surface area contributed by atoms with Gasteiger partial charge in [0.15, 0.2) is 8.32 Å². The molecule has 6 heteroatoms. The van der Waals surface area contributed by atoms with Crippen LogP contribution in [0.5, 0.6) is 0 Å². The second-order valence-electron chi connectivity index (χ2n) is 4.21. The Balaban J connectivity index is 4.13. The maximum absolute atomic E-state index is 10.9. The van der Waals surface area contributed by atoms with Crippen LogP contribution in [0.4, 0.5) is 0 Å². The summed E-state index contributed by atoms with van der Waals surface area (Å²) in [5.74, 6) is 0. The predicted molar refractivity (Wildman–Crippen MR) is 55.3 cm³/mol. The van der Waals surface area contributed by atoms with Crippen molar-refractivity contribution in [2.24, 2.45) is 0 Å². The van der Waals surface area contributed by atoms with Gasteiger partial charge < -0.3 is 12.7 Å². The third kappa shape index (κ3) is 6.89. The average Bonchev–Trinajstić information content (AvgIpc) is 1.48. The summed E-state index contributed by atoms with van der Waals surface area (Å²) in [6.45, 7) is 11.8. The van der Waals surface area contributed by atoms with Crippen LogP contribution in [-0.2, 0) is 12.7 Å². The Morgan fingerprint density at radius 2 is 1.50 bits per heavy atom. The van der Waals surface area contributed by atoms with Gasteiger partial charge in [-0.1, -0.05) is 0 Å². The van der Waals surface area contributed by atoms with Gasteiger partial charge in [0.05, 0.1) is 0 Å². The van der Waals surface area contributed by atoms with Crippen molar-refractivity contribution in [3.8, 4) is 0 Å². The summed E-state index contributed by atoms with van der Waals surface area (Å²) in [7, 11) is -5.51. The first-order valence-corrected chi connectivity index (χ1v) is 12.1. The molecule has 0 aliphatic heterocycles. The Kier molecular flexibility index (Phi) is 4.02. The van der Waals surface area contributed by atoms with Gasteiger partial charge in [-0.15, -0.1) is 0 Å². The van der Waals surface area contributed by atoms with E-state index in [0.717, 1.165) is 0 Å². The van der Waals surface area contributed by atoms with Gasteiger partial charge in [-0.3, -0.25) is 0 Å². The molecule has 0 radical (unpaired) electrons. The van der Waals surface area contributed by atoms with Gasteiger partial charge in [-0.25, -0.2) is 0 Å². The van der Waals surface area contributed by atoms with E-state index in [1.165, 1.54) is 0 Å². The molecule has 0 spiro atoms. The molecule has 0 heterocycles. The largest absolute Gasteiger partial charge is 0.560 e. The lowest BCUT2D eigenvalue weighted by atomic mass is 11.8. The fourth-order valence-electron chi connectivity index (χ4n) is 1.10. The third-order valence-corrected chi connectivity index (χ3v) is 8.47. The summed E-state index contributed by atoms with van der Waals surface area (Å²) in [6.07, 6.45) is 0. The molecule has 3 nitrogen and oxygen atoms in total. The fourth-order valence-corrected chi connectivity index (χ4v) is 10.3. The van der Waals surface area contributed by atoms with Crippen LogP contribution in [0.2, 0.25) is 39.3 Å². The maximum atomic E-state index is 10.9. The first kappa shape index (κ1) is 12.2. The first-order chi connectivity index (χ1) is 5.12. The molecule has 72 valence electrons. The van der Waals surface area contributed by atoms with Gasteiger partial charge in [0.1, 0.15) is 0 Å². The second-order valence-corrected chi connectivity index (χ2v) is 13.8. The molecule has 0 aromatic heterocycles. The van der Waals surface area contributed by atoms with Crippen LogP contribution in [0.1, 0.15) is 0 Å². The molecular formula is C6H18O3Si3. The van der Waals surface area contributed by atoms with Crippen LogP contribution >= 0.6 is 0 Å². The predicted octanol–water partition coefficient (Wildman–Crippen LogP) is 2.10. The Labute approximate surface area is 78.3 Å². The van der Waals surface area contributed by atoms with E-state index in [4.69, 9.17) is 8.23 Å². The third-order valence-electron chi connectivity index (χ3n) is 0.941. The number of rotatable bonds is 4. The van der Waals surface area contributed by atoms with Gasteiger partial charge in [0.2, 0.25) is 0 Å². The van der Waals surface area contributed by atoms with E-state index in [-0.39, 0.29) is 0 Å². The maximum Gasteiger partial charge on any atom is 0.486 e. The van der Waals surface area contributed by atoms with Crippen molar-refractivity contribution in [3.05, 3.63) is 0 Å². The van der Waals surface area contributed by atoms with Crippen molar-refractivity contribution < 1.29 is 12.7 Å². The number of hydrogen-bond donors (Lipinski definition) is 0. The minimum absolute atomic E-state index is 1.55. The van der Waals surface area contributed by atoms with E-state index in [9.17, 15) is 4.46 Å². The van der Waals surface area contributed by atoms with E-state index in [1.807, 2.05) is 13.1 Å². The molecule has 0 N–H and O–H groups in total. The van der Waals surface area contributed by atoms with E-state index in [1.54, 1.807) is 6.55 Å². The molecule has 0 unspecified atom stereocenters. The van der Waals surface area contributed by atoms with Crippen LogP contribution in [0, 0.1) is 0 Å². The Morgan fingerprint density at radius 3 is 1.75 bits per heavy atom. The molecule has 0 saturated heterocycles. The second kappa shape index (κ2) is 3.95. The molecule has 0 aromatic carbocycles. The molecule has 12 heavy (non-hydrogen) atoms. The lowest BCUT2D eigenvalue weighted by Crippen LogP contribution is -2.46. The molecule has 0 aromatic rings. The summed E-state index contributed by atoms with van der Waals surface area (Å²) in [4.78, 5) is 0. The minimum Gasteiger partial charge on any atom is -0.560 e. The van der Waals surface area contributed by atoms with Crippen LogP contribution < -0.4 is 0 Å². The molecule has 0 fully saturated rings. The van der Waals surface area contributed by atoms with E-state index in [2.05, 4.69) is 19.6 Å². The van der Waals surface area contributed by atoms with Gasteiger partial charge in [0.25, 0.3) is 0 Å². The summed E-state index contributed by atoms with van der Waals surface area (Å²) in [6, 6.07) is 0. The zero-order valence-corrected chi connectivity index (χ0v) is 11.7. The highest BCUT2D eigenvalue weighted by molar-refractivity contribution is 6.83. The van der Waals surface area contributed by atoms with Crippen LogP contribution in [0.3, 0.4) is 0 Å². The standard InChI is InChI=1S/C6H18O3Si3/c1-10(7)8-12(5,6)9-11(2,3)4/h1-6H3. The summed E-state index contributed by atoms with van der Waals surface area (Å²) in [5.41, 5.74) is 0.